The lowest BCUT2D eigenvalue weighted by atomic mass is 9.95. The number of Topliss-reactive ketones (excluding diaryl/α,β-unsaturated/α-hetero) is 1. The molecule has 1 fully saturated rings. The zero-order valence-corrected chi connectivity index (χ0v) is 20.6. The van der Waals surface area contributed by atoms with E-state index >= 15 is 0 Å². The number of benzene rings is 2. The number of nitrogens with zero attached hydrogens (tertiary/aromatic N) is 3. The van der Waals surface area contributed by atoms with E-state index in [1.54, 1.807) is 0 Å². The molecule has 2 heterocycles. The van der Waals surface area contributed by atoms with E-state index in [0.717, 1.165) is 16.8 Å². The van der Waals surface area contributed by atoms with E-state index in [1.807, 2.05) is 0 Å². The van der Waals surface area contributed by atoms with E-state index in [2.05, 4.69) is 10.3 Å². The summed E-state index contributed by atoms with van der Waals surface area (Å²) < 4.78 is 65.2. The number of carboxylic acids is 1. The Bertz CT molecular complexity index is 1400. The van der Waals surface area contributed by atoms with E-state index in [1.165, 1.54) is 24.3 Å². The van der Waals surface area contributed by atoms with Gasteiger partial charge in [-0.3, -0.25) is 14.4 Å². The largest absolute Gasteiger partial charge is 0.490 e. The highest BCUT2D eigenvalue weighted by molar-refractivity contribution is 5.98. The average molecular weight is 551 g/mol. The molecule has 3 aromatic rings. The molecule has 2 aromatic carbocycles. The molecule has 0 saturated carbocycles. The maximum atomic E-state index is 14.7. The van der Waals surface area contributed by atoms with Crippen LogP contribution in [0.3, 0.4) is 0 Å². The van der Waals surface area contributed by atoms with Crippen molar-refractivity contribution in [3.63, 3.8) is 0 Å². The molecular formula is C26H25F4N3O6. The van der Waals surface area contributed by atoms with Crippen LogP contribution in [0.2, 0.25) is 0 Å². The Morgan fingerprint density at radius 3 is 2.46 bits per heavy atom. The molecular weight excluding hydrogens is 526 g/mol. The van der Waals surface area contributed by atoms with E-state index in [4.69, 9.17) is 9.47 Å². The van der Waals surface area contributed by atoms with Gasteiger partial charge in [0.05, 0.1) is 16.9 Å². The summed E-state index contributed by atoms with van der Waals surface area (Å²) in [7, 11) is 0. The maximum absolute atomic E-state index is 14.7. The highest BCUT2D eigenvalue weighted by Gasteiger charge is 2.33. The predicted molar refractivity (Wildman–Crippen MR) is 129 cm³/mol. The minimum atomic E-state index is -4.66. The minimum Gasteiger partial charge on any atom is -0.490 e. The summed E-state index contributed by atoms with van der Waals surface area (Å²) in [6.45, 7) is 0.211. The lowest BCUT2D eigenvalue weighted by Crippen LogP contribution is -2.37. The number of carbonyl (C=O) groups excluding carboxylic acids is 1. The van der Waals surface area contributed by atoms with Gasteiger partial charge in [-0.1, -0.05) is 5.21 Å². The van der Waals surface area contributed by atoms with Crippen molar-refractivity contribution in [3.05, 3.63) is 63.9 Å². The van der Waals surface area contributed by atoms with Crippen molar-refractivity contribution < 1.29 is 41.7 Å². The molecule has 208 valence electrons. The highest BCUT2D eigenvalue weighted by atomic mass is 19.4. The number of hydrogen-bond donors (Lipinski definition) is 1. The number of aliphatic carboxylic acids is 1. The van der Waals surface area contributed by atoms with E-state index in [-0.39, 0.29) is 48.9 Å². The third-order valence-electron chi connectivity index (χ3n) is 6.58. The number of carbonyl (C=O) groups is 2. The number of halogens is 4. The molecule has 1 atom stereocenters. The summed E-state index contributed by atoms with van der Waals surface area (Å²) >= 11 is 0. The van der Waals surface area contributed by atoms with Gasteiger partial charge in [0.2, 0.25) is 0 Å². The number of carboxylic acid groups (broad SMARTS) is 1. The quantitative estimate of drug-likeness (QED) is 0.296. The van der Waals surface area contributed by atoms with Crippen molar-refractivity contribution in [2.24, 2.45) is 5.92 Å². The van der Waals surface area contributed by atoms with Crippen molar-refractivity contribution in [2.75, 3.05) is 19.8 Å². The third-order valence-corrected chi connectivity index (χ3v) is 6.58. The van der Waals surface area contributed by atoms with Crippen LogP contribution in [0.15, 0.2) is 47.3 Å². The van der Waals surface area contributed by atoms with Gasteiger partial charge in [0.25, 0.3) is 5.56 Å². The Labute approximate surface area is 219 Å². The Balaban J connectivity index is 1.39. The van der Waals surface area contributed by atoms with Crippen LogP contribution in [0.25, 0.3) is 10.9 Å². The third kappa shape index (κ3) is 6.96. The smallest absolute Gasteiger partial charge is 0.416 e. The zero-order chi connectivity index (χ0) is 28.2. The van der Waals surface area contributed by atoms with Crippen molar-refractivity contribution in [3.8, 4) is 5.75 Å². The number of ketones is 1. The fourth-order valence-electron chi connectivity index (χ4n) is 4.16. The lowest BCUT2D eigenvalue weighted by molar-refractivity contribution is -0.142. The fraction of sp³-hybridized carbons (Fsp3) is 0.423. The van der Waals surface area contributed by atoms with E-state index in [0.29, 0.717) is 25.0 Å². The summed E-state index contributed by atoms with van der Waals surface area (Å²) in [5, 5.41) is 16.7. The van der Waals surface area contributed by atoms with Crippen LogP contribution < -0.4 is 10.3 Å². The first-order chi connectivity index (χ1) is 18.4. The van der Waals surface area contributed by atoms with Gasteiger partial charge in [0.1, 0.15) is 23.5 Å². The molecule has 13 heteroatoms. The van der Waals surface area contributed by atoms with Crippen LogP contribution in [-0.4, -0.2) is 57.3 Å². The zero-order valence-electron chi connectivity index (χ0n) is 20.6. The fourth-order valence-corrected chi connectivity index (χ4v) is 4.16. The average Bonchev–Trinajstić information content (AvgIpc) is 2.90. The SMILES string of the molecule is O=C(CC(CCn1nnc2ccc(C(F)(F)F)cc2c1=O)C(=O)O)c1ccc(OCC2(F)CCOCC2)cc1. The predicted octanol–water partition coefficient (Wildman–Crippen LogP) is 4.07. The van der Waals surface area contributed by atoms with Crippen LogP contribution in [0.5, 0.6) is 5.75 Å². The number of hydrogen-bond acceptors (Lipinski definition) is 7. The molecule has 1 saturated heterocycles. The molecule has 9 nitrogen and oxygen atoms in total. The van der Waals surface area contributed by atoms with Crippen LogP contribution in [-0.2, 0) is 22.3 Å². The van der Waals surface area contributed by atoms with Gasteiger partial charge in [0.15, 0.2) is 5.78 Å². The first-order valence-corrected chi connectivity index (χ1v) is 12.2. The number of aromatic nitrogens is 3. The van der Waals surface area contributed by atoms with Gasteiger partial charge < -0.3 is 14.6 Å². The van der Waals surface area contributed by atoms with Crippen molar-refractivity contribution in [1.82, 2.24) is 15.0 Å². The van der Waals surface area contributed by atoms with Crippen LogP contribution in [0, 0.1) is 5.92 Å². The van der Waals surface area contributed by atoms with Gasteiger partial charge >= 0.3 is 12.1 Å². The second-order valence-corrected chi connectivity index (χ2v) is 9.37. The molecule has 1 aliphatic rings. The van der Waals surface area contributed by atoms with E-state index < -0.39 is 47.1 Å². The summed E-state index contributed by atoms with van der Waals surface area (Å²) in [5.41, 5.74) is -3.18. The van der Waals surface area contributed by atoms with Crippen LogP contribution in [0.4, 0.5) is 17.6 Å². The molecule has 0 radical (unpaired) electrons. The summed E-state index contributed by atoms with van der Waals surface area (Å²) in [6.07, 6.45) is -4.79. The van der Waals surface area contributed by atoms with Crippen LogP contribution in [0.1, 0.15) is 41.6 Å². The maximum Gasteiger partial charge on any atom is 0.416 e. The summed E-state index contributed by atoms with van der Waals surface area (Å²) in [4.78, 5) is 37.2. The first kappa shape index (κ1) is 28.1. The Morgan fingerprint density at radius 1 is 1.13 bits per heavy atom. The first-order valence-electron chi connectivity index (χ1n) is 12.2. The Hall–Kier alpha value is -3.87. The molecule has 4 rings (SSSR count). The molecule has 0 aliphatic carbocycles. The molecule has 0 bridgehead atoms. The molecule has 0 amide bonds. The molecule has 1 unspecified atom stereocenters. The second kappa shape index (κ2) is 11.5. The summed E-state index contributed by atoms with van der Waals surface area (Å²) in [5.74, 6) is -2.60. The van der Waals surface area contributed by atoms with Crippen molar-refractivity contribution in [2.45, 2.75) is 44.1 Å². The number of aryl methyl sites for hydroxylation is 1. The highest BCUT2D eigenvalue weighted by Crippen LogP contribution is 2.30. The number of ether oxygens (including phenoxy) is 2. The van der Waals surface area contributed by atoms with Crippen molar-refractivity contribution in [1.29, 1.82) is 0 Å². The van der Waals surface area contributed by atoms with Gasteiger partial charge in [-0.2, -0.15) is 13.2 Å². The molecule has 0 spiro atoms. The second-order valence-electron chi connectivity index (χ2n) is 9.37. The number of alkyl halides is 4. The van der Waals surface area contributed by atoms with Gasteiger partial charge in [-0.15, -0.1) is 5.10 Å². The molecule has 1 aliphatic heterocycles. The van der Waals surface area contributed by atoms with Gasteiger partial charge in [-0.05, 0) is 48.9 Å². The minimum absolute atomic E-state index is 0.0314. The number of rotatable bonds is 10. The molecule has 39 heavy (non-hydrogen) atoms. The van der Waals surface area contributed by atoms with E-state index in [9.17, 15) is 37.1 Å². The monoisotopic (exact) mass is 551 g/mol. The topological polar surface area (TPSA) is 121 Å². The van der Waals surface area contributed by atoms with Crippen LogP contribution >= 0.6 is 0 Å². The Kier molecular flexibility index (Phi) is 8.28. The molecule has 1 N–H and O–H groups in total. The summed E-state index contributed by atoms with van der Waals surface area (Å²) in [6, 6.07) is 8.37. The number of fused-ring (bicyclic) bond motifs is 1. The standard InChI is InChI=1S/C26H25F4N3O6/c27-25(8-11-38-12-9-25)15-39-19-4-1-16(2-5-19)22(34)13-17(24(36)37)7-10-33-23(35)20-14-18(26(28,29)30)3-6-21(20)31-32-33/h1-6,14,17H,7-13,15H2,(H,36,37). The van der Waals surface area contributed by atoms with Crippen molar-refractivity contribution >= 4 is 22.7 Å². The van der Waals surface area contributed by atoms with Gasteiger partial charge in [0, 0.05) is 44.6 Å². The Morgan fingerprint density at radius 2 is 1.82 bits per heavy atom. The molecule has 1 aromatic heterocycles. The van der Waals surface area contributed by atoms with Gasteiger partial charge in [-0.25, -0.2) is 9.07 Å². The normalized spacial score (nSPS) is 16.1. The lowest BCUT2D eigenvalue weighted by Gasteiger charge is -2.29.